The van der Waals surface area contributed by atoms with Gasteiger partial charge in [-0.1, -0.05) is 0 Å². The van der Waals surface area contributed by atoms with E-state index in [1.54, 1.807) is 0 Å². The monoisotopic (exact) mass is 184 g/mol. The summed E-state index contributed by atoms with van der Waals surface area (Å²) in [6.45, 7) is 0. The summed E-state index contributed by atoms with van der Waals surface area (Å²) in [6, 6.07) is 0. The van der Waals surface area contributed by atoms with Crippen LogP contribution in [0.15, 0.2) is 0 Å². The molecule has 0 saturated heterocycles. The Morgan fingerprint density at radius 2 is 0.750 bits per heavy atom. The van der Waals surface area contributed by atoms with Crippen molar-refractivity contribution in [2.45, 2.75) is 0 Å². The zero-order valence-electron chi connectivity index (χ0n) is 1.88. The van der Waals surface area contributed by atoms with Crippen LogP contribution >= 0.6 is 0 Å². The van der Waals surface area contributed by atoms with Gasteiger partial charge in [-0.3, -0.25) is 0 Å². The first-order valence-corrected chi connectivity index (χ1v) is 0. The van der Waals surface area contributed by atoms with Gasteiger partial charge >= 0.3 is 36.5 Å². The molecular weight excluding hydrogens is 185 g/mol. The zero-order chi connectivity index (χ0) is 0. The van der Waals surface area contributed by atoms with Crippen molar-refractivity contribution >= 4 is 27.0 Å². The molecule has 4 heavy (non-hydrogen) atoms. The maximum atomic E-state index is 0. The molecule has 0 spiro atoms. The van der Waals surface area contributed by atoms with Crippen molar-refractivity contribution in [2.75, 3.05) is 0 Å². The molecule has 0 aliphatic rings. The van der Waals surface area contributed by atoms with E-state index in [0.29, 0.717) is 0 Å². The molecule has 0 aliphatic heterocycles. The van der Waals surface area contributed by atoms with E-state index in [1.165, 1.54) is 0 Å². The topological polar surface area (TPSA) is 0 Å². The third kappa shape index (κ3) is 9.14. The van der Waals surface area contributed by atoms with Crippen molar-refractivity contribution in [3.63, 3.8) is 0 Å². The Kier molecular flexibility index (Phi) is 212. The Labute approximate surface area is 63.2 Å². The average Bonchev–Trinajstić information content (AvgIpc) is 0. The number of hydrogen-bond donors (Lipinski definition) is 0. The fourth-order valence-corrected chi connectivity index (χ4v) is 0. The first-order chi connectivity index (χ1) is 0. The van der Waals surface area contributed by atoms with E-state index >= 15 is 0 Å². The predicted octanol–water partition coefficient (Wildman–Crippen LogP) is -0.00980. The summed E-state index contributed by atoms with van der Waals surface area (Å²) in [7, 11) is 0. The van der Waals surface area contributed by atoms with Crippen molar-refractivity contribution in [3.8, 4) is 0 Å². The molecule has 0 saturated carbocycles. The maximum absolute atomic E-state index is 0. The number of rotatable bonds is 0. The fourth-order valence-electron chi connectivity index (χ4n) is 0. The summed E-state index contributed by atoms with van der Waals surface area (Å²) in [6.07, 6.45) is 0. The molecule has 0 aromatic carbocycles. The second-order valence-corrected chi connectivity index (χ2v) is 0. The molecule has 0 aromatic rings. The van der Waals surface area contributed by atoms with Crippen LogP contribution in [0.3, 0.4) is 0 Å². The van der Waals surface area contributed by atoms with Crippen LogP contribution in [0.2, 0.25) is 0 Å². The Hall–Kier alpha value is 1.84. The van der Waals surface area contributed by atoms with E-state index in [2.05, 4.69) is 0 Å². The Morgan fingerprint density at radius 1 is 0.750 bits per heavy atom. The molecule has 0 N–H and O–H groups in total. The van der Waals surface area contributed by atoms with E-state index in [-0.39, 0.29) is 63.5 Å². The molecular formula is FeS2Zn. The largest absolute Gasteiger partial charge is 2.00 e. The van der Waals surface area contributed by atoms with Crippen molar-refractivity contribution < 1.29 is 36.5 Å². The van der Waals surface area contributed by atoms with Crippen molar-refractivity contribution in [1.82, 2.24) is 0 Å². The molecule has 0 heterocycles. The average molecular weight is 185 g/mol. The smallest absolute Gasteiger partial charge is 2.00 e. The second kappa shape index (κ2) is 21.1. The second-order valence-electron chi connectivity index (χ2n) is 0. The van der Waals surface area contributed by atoms with E-state index in [1.807, 2.05) is 0 Å². The first kappa shape index (κ1) is 40.4. The van der Waals surface area contributed by atoms with Crippen molar-refractivity contribution in [2.24, 2.45) is 0 Å². The molecule has 0 amide bonds. The molecule has 0 rings (SSSR count). The molecule has 0 nitrogen and oxygen atoms in total. The van der Waals surface area contributed by atoms with Gasteiger partial charge in [0.2, 0.25) is 0 Å². The third-order valence-corrected chi connectivity index (χ3v) is 0. The van der Waals surface area contributed by atoms with Gasteiger partial charge < -0.3 is 27.0 Å². The summed E-state index contributed by atoms with van der Waals surface area (Å²) in [5.41, 5.74) is 0. The Balaban J connectivity index is 0. The van der Waals surface area contributed by atoms with Gasteiger partial charge in [0, 0.05) is 0 Å². The normalized spacial score (nSPS) is 0. The van der Waals surface area contributed by atoms with Gasteiger partial charge in [-0.15, -0.1) is 0 Å². The zero-order valence-corrected chi connectivity index (χ0v) is 7.58. The molecule has 0 fully saturated rings. The SMILES string of the molecule is [Fe+2].[S-2].[S-2].[Zn+2]. The van der Waals surface area contributed by atoms with Gasteiger partial charge in [0.1, 0.15) is 0 Å². The molecule has 4 heteroatoms. The van der Waals surface area contributed by atoms with E-state index in [0.717, 1.165) is 0 Å². The summed E-state index contributed by atoms with van der Waals surface area (Å²) in [5, 5.41) is 0. The van der Waals surface area contributed by atoms with Crippen LogP contribution in [0.4, 0.5) is 0 Å². The Bertz CT molecular complexity index is 6.00. The quantitative estimate of drug-likeness (QED) is 0.466. The molecule has 0 bridgehead atoms. The predicted molar refractivity (Wildman–Crippen MR) is 14.7 cm³/mol. The van der Waals surface area contributed by atoms with Crippen LogP contribution in [0.5, 0.6) is 0 Å². The van der Waals surface area contributed by atoms with Crippen molar-refractivity contribution in [3.05, 3.63) is 0 Å². The van der Waals surface area contributed by atoms with Crippen LogP contribution in [-0.4, -0.2) is 0 Å². The van der Waals surface area contributed by atoms with Gasteiger partial charge in [-0.2, -0.15) is 0 Å². The maximum Gasteiger partial charge on any atom is 2.00 e. The minimum Gasteiger partial charge on any atom is -2.00 e. The van der Waals surface area contributed by atoms with Crippen LogP contribution in [-0.2, 0) is 63.5 Å². The minimum atomic E-state index is 0. The van der Waals surface area contributed by atoms with Crippen LogP contribution in [0, 0.1) is 0 Å². The van der Waals surface area contributed by atoms with E-state index in [9.17, 15) is 0 Å². The van der Waals surface area contributed by atoms with Gasteiger partial charge in [-0.05, 0) is 0 Å². The van der Waals surface area contributed by atoms with Crippen molar-refractivity contribution in [1.29, 1.82) is 0 Å². The van der Waals surface area contributed by atoms with Crippen LogP contribution in [0.1, 0.15) is 0 Å². The summed E-state index contributed by atoms with van der Waals surface area (Å²) >= 11 is 0. The molecule has 0 atom stereocenters. The third-order valence-electron chi connectivity index (χ3n) is 0. The van der Waals surface area contributed by atoms with Gasteiger partial charge in [-0.25, -0.2) is 0 Å². The molecule has 0 radical (unpaired) electrons. The van der Waals surface area contributed by atoms with E-state index < -0.39 is 0 Å². The summed E-state index contributed by atoms with van der Waals surface area (Å²) in [5.74, 6) is 0. The van der Waals surface area contributed by atoms with E-state index in [4.69, 9.17) is 0 Å². The molecule has 22 valence electrons. The molecule has 0 aliphatic carbocycles. The minimum absolute atomic E-state index is 0. The van der Waals surface area contributed by atoms with Crippen LogP contribution in [0.25, 0.3) is 0 Å². The Morgan fingerprint density at radius 3 is 0.750 bits per heavy atom. The molecule has 0 unspecified atom stereocenters. The van der Waals surface area contributed by atoms with Gasteiger partial charge in [0.05, 0.1) is 0 Å². The summed E-state index contributed by atoms with van der Waals surface area (Å²) < 4.78 is 0. The fraction of sp³-hybridized carbons (Fsp3) is 0. The summed E-state index contributed by atoms with van der Waals surface area (Å²) in [4.78, 5) is 0. The standard InChI is InChI=1S/Fe.2S.Zn/q+2;2*-2;+2. The number of hydrogen-bond acceptors (Lipinski definition) is 0. The first-order valence-electron chi connectivity index (χ1n) is 0. The molecule has 0 aromatic heterocycles. The van der Waals surface area contributed by atoms with Gasteiger partial charge in [0.15, 0.2) is 0 Å². The van der Waals surface area contributed by atoms with Crippen LogP contribution < -0.4 is 0 Å². The van der Waals surface area contributed by atoms with Gasteiger partial charge in [0.25, 0.3) is 0 Å².